The number of aliphatic hydroxyl groups is 1. The molecule has 0 spiro atoms. The largest absolute Gasteiger partial charge is 0.417 e. The van der Waals surface area contributed by atoms with Crippen LogP contribution in [0.4, 0.5) is 13.2 Å². The highest BCUT2D eigenvalue weighted by Gasteiger charge is 2.37. The minimum absolute atomic E-state index is 0.00978. The van der Waals surface area contributed by atoms with Gasteiger partial charge in [0.25, 0.3) is 17.4 Å². The number of aromatic nitrogens is 3. The first-order valence-corrected chi connectivity index (χ1v) is 14.6. The van der Waals surface area contributed by atoms with E-state index >= 15 is 0 Å². The minimum atomic E-state index is -4.64. The Morgan fingerprint density at radius 3 is 2.47 bits per heavy atom. The summed E-state index contributed by atoms with van der Waals surface area (Å²) in [6.45, 7) is 1.24. The van der Waals surface area contributed by atoms with E-state index in [-0.39, 0.29) is 28.6 Å². The molecule has 43 heavy (non-hydrogen) atoms. The second-order valence-electron chi connectivity index (χ2n) is 11.0. The van der Waals surface area contributed by atoms with Crippen molar-refractivity contribution in [2.75, 3.05) is 6.73 Å². The first-order valence-electron chi connectivity index (χ1n) is 13.8. The number of aliphatic hydroxyl groups excluding tert-OH is 1. The maximum Gasteiger partial charge on any atom is 0.417 e. The van der Waals surface area contributed by atoms with Crippen molar-refractivity contribution in [2.45, 2.75) is 51.4 Å². The Morgan fingerprint density at radius 2 is 1.81 bits per heavy atom. The van der Waals surface area contributed by atoms with Crippen molar-refractivity contribution in [3.63, 3.8) is 0 Å². The number of nitrogens with one attached hydrogen (secondary N) is 1. The molecule has 224 valence electrons. The maximum absolute atomic E-state index is 14.2. The van der Waals surface area contributed by atoms with E-state index in [1.807, 2.05) is 0 Å². The Kier molecular flexibility index (Phi) is 7.41. The van der Waals surface area contributed by atoms with Crippen LogP contribution in [0.15, 0.2) is 57.9 Å². The number of halogens is 4. The van der Waals surface area contributed by atoms with E-state index in [0.29, 0.717) is 34.1 Å². The molecule has 1 atom stereocenters. The number of benzene rings is 2. The molecule has 2 aliphatic rings. The van der Waals surface area contributed by atoms with Crippen LogP contribution in [-0.2, 0) is 25.6 Å². The first-order chi connectivity index (χ1) is 20.5. The van der Waals surface area contributed by atoms with Gasteiger partial charge in [0.05, 0.1) is 29.7 Å². The number of rotatable bonds is 6. The molecule has 1 aliphatic carbocycles. The zero-order chi connectivity index (χ0) is 30.6. The average Bonchev–Trinajstić information content (AvgIpc) is 3.70. The molecule has 1 aliphatic heterocycles. The Bertz CT molecular complexity index is 1810. The number of nitrogens with zero attached hydrogens (tertiary/aromatic N) is 4. The summed E-state index contributed by atoms with van der Waals surface area (Å²) in [6, 6.07) is 9.36. The first kappa shape index (κ1) is 29.1. The summed E-state index contributed by atoms with van der Waals surface area (Å²) in [5, 5.41) is 16.0. The fourth-order valence-corrected chi connectivity index (χ4v) is 6.12. The molecule has 13 heteroatoms. The third-order valence-corrected chi connectivity index (χ3v) is 8.75. The summed E-state index contributed by atoms with van der Waals surface area (Å²) in [5.41, 5.74) is 1.90. The molecule has 4 aromatic rings. The molecular weight excluding hydrogens is 631 g/mol. The molecule has 2 aromatic carbocycles. The van der Waals surface area contributed by atoms with Crippen LogP contribution in [0, 0.1) is 5.92 Å². The number of amides is 2. The third-order valence-electron chi connectivity index (χ3n) is 8.06. The predicted molar refractivity (Wildman–Crippen MR) is 154 cm³/mol. The fraction of sp³-hybridized carbons (Fsp3) is 0.333. The summed E-state index contributed by atoms with van der Waals surface area (Å²) in [7, 11) is 0. The van der Waals surface area contributed by atoms with Gasteiger partial charge in [0, 0.05) is 32.8 Å². The molecule has 9 nitrogen and oxygen atoms in total. The number of fused-ring (bicyclic) bond motifs is 3. The van der Waals surface area contributed by atoms with Crippen molar-refractivity contribution in [2.24, 2.45) is 5.92 Å². The Hall–Kier alpha value is -3.97. The molecule has 2 amide bonds. The summed E-state index contributed by atoms with van der Waals surface area (Å²) in [5.74, 6) is -0.548. The van der Waals surface area contributed by atoms with Gasteiger partial charge in [-0.05, 0) is 81.0 Å². The molecular formula is C30H27BrF3N5O4. The lowest BCUT2D eigenvalue weighted by Gasteiger charge is -2.35. The Labute approximate surface area is 252 Å². The number of alkyl halides is 3. The Balaban J connectivity index is 1.45. The van der Waals surface area contributed by atoms with Crippen molar-refractivity contribution in [3.05, 3.63) is 97.0 Å². The highest BCUT2D eigenvalue weighted by atomic mass is 79.9. The molecule has 2 aromatic heterocycles. The third kappa shape index (κ3) is 5.35. The fourth-order valence-electron chi connectivity index (χ4n) is 5.65. The van der Waals surface area contributed by atoms with Crippen molar-refractivity contribution in [1.29, 1.82) is 0 Å². The highest BCUT2D eigenvalue weighted by molar-refractivity contribution is 9.10. The van der Waals surface area contributed by atoms with Gasteiger partial charge in [0.2, 0.25) is 0 Å². The van der Waals surface area contributed by atoms with Crippen molar-refractivity contribution in [1.82, 2.24) is 24.4 Å². The summed E-state index contributed by atoms with van der Waals surface area (Å²) in [4.78, 5) is 41.4. The lowest BCUT2D eigenvalue weighted by molar-refractivity contribution is -0.138. The van der Waals surface area contributed by atoms with E-state index in [9.17, 15) is 27.6 Å². The van der Waals surface area contributed by atoms with E-state index in [4.69, 9.17) is 5.11 Å². The van der Waals surface area contributed by atoms with Crippen molar-refractivity contribution < 1.29 is 27.9 Å². The van der Waals surface area contributed by atoms with Gasteiger partial charge in [0.15, 0.2) is 0 Å². The molecule has 6 rings (SSSR count). The molecule has 0 saturated heterocycles. The second kappa shape index (κ2) is 10.9. The van der Waals surface area contributed by atoms with Crippen LogP contribution < -0.4 is 10.9 Å². The van der Waals surface area contributed by atoms with E-state index in [1.54, 1.807) is 46.5 Å². The monoisotopic (exact) mass is 657 g/mol. The quantitative estimate of drug-likeness (QED) is 0.297. The van der Waals surface area contributed by atoms with E-state index in [0.717, 1.165) is 30.9 Å². The zero-order valence-electron chi connectivity index (χ0n) is 23.0. The second-order valence-corrected chi connectivity index (χ2v) is 11.9. The lowest BCUT2D eigenvalue weighted by atomic mass is 9.97. The molecule has 1 saturated carbocycles. The van der Waals surface area contributed by atoms with Crippen molar-refractivity contribution in [3.8, 4) is 5.69 Å². The predicted octanol–water partition coefficient (Wildman–Crippen LogP) is 4.49. The molecule has 3 heterocycles. The topological polar surface area (TPSA) is 109 Å². The summed E-state index contributed by atoms with van der Waals surface area (Å²) >= 11 is 2.92. The van der Waals surface area contributed by atoms with Gasteiger partial charge in [-0.3, -0.25) is 19.0 Å². The van der Waals surface area contributed by atoms with Gasteiger partial charge in [-0.25, -0.2) is 4.52 Å². The SMILES string of the molecule is CC1Cc2c(n3ncc(CC4CC4)c3n(-c3ccc(C(=O)NCO)cc3)c2=O)CN1C(=O)c1ccc(Br)c(C(F)(F)F)c1. The number of hydrogen-bond donors (Lipinski definition) is 2. The van der Waals surface area contributed by atoms with Crippen LogP contribution in [-0.4, -0.2) is 48.8 Å². The zero-order valence-corrected chi connectivity index (χ0v) is 24.6. The standard InChI is InChI=1S/C30H27BrF3N5O4/c1-16-10-22-25(14-37(16)28(42)19-6-9-24(31)23(12-19)30(32,33)34)39-27(20(13-36-39)11-17-2-3-17)38(29(22)43)21-7-4-18(5-8-21)26(41)35-15-40/h4-9,12-13,16-17,40H,2-3,10-11,14-15H2,1H3,(H,35,41). The smallest absolute Gasteiger partial charge is 0.376 e. The molecule has 0 bridgehead atoms. The molecule has 1 unspecified atom stereocenters. The van der Waals surface area contributed by atoms with Crippen LogP contribution >= 0.6 is 15.9 Å². The van der Waals surface area contributed by atoms with Crippen LogP contribution in [0.3, 0.4) is 0 Å². The molecule has 0 radical (unpaired) electrons. The highest BCUT2D eigenvalue weighted by Crippen LogP contribution is 2.37. The van der Waals surface area contributed by atoms with Crippen molar-refractivity contribution >= 4 is 33.4 Å². The van der Waals surface area contributed by atoms with Crippen LogP contribution in [0.1, 0.15) is 62.9 Å². The molecule has 1 fully saturated rings. The van der Waals surface area contributed by atoms with Gasteiger partial charge in [-0.2, -0.15) is 18.3 Å². The van der Waals surface area contributed by atoms with E-state index in [1.165, 1.54) is 17.0 Å². The lowest BCUT2D eigenvalue weighted by Crippen LogP contribution is -2.46. The van der Waals surface area contributed by atoms with Gasteiger partial charge in [0.1, 0.15) is 12.4 Å². The van der Waals surface area contributed by atoms with Gasteiger partial charge in [-0.15, -0.1) is 0 Å². The van der Waals surface area contributed by atoms with Crippen LogP contribution in [0.25, 0.3) is 11.3 Å². The maximum atomic E-state index is 14.2. The normalized spacial score (nSPS) is 16.8. The van der Waals surface area contributed by atoms with E-state index < -0.39 is 36.3 Å². The van der Waals surface area contributed by atoms with Gasteiger partial charge in [-0.1, -0.05) is 15.9 Å². The Morgan fingerprint density at radius 1 is 1.12 bits per heavy atom. The number of carbonyl (C=O) groups excluding carboxylic acids is 2. The minimum Gasteiger partial charge on any atom is -0.376 e. The average molecular weight is 658 g/mol. The number of hydrogen-bond acceptors (Lipinski definition) is 5. The molecule has 2 N–H and O–H groups in total. The summed E-state index contributed by atoms with van der Waals surface area (Å²) < 4.78 is 43.8. The van der Waals surface area contributed by atoms with E-state index in [2.05, 4.69) is 26.3 Å². The van der Waals surface area contributed by atoms with Crippen LogP contribution in [0.5, 0.6) is 0 Å². The summed E-state index contributed by atoms with van der Waals surface area (Å²) in [6.07, 6.45) is 0.133. The van der Waals surface area contributed by atoms with Gasteiger partial charge >= 0.3 is 6.18 Å². The van der Waals surface area contributed by atoms with Gasteiger partial charge < -0.3 is 15.3 Å². The van der Waals surface area contributed by atoms with Crippen LogP contribution in [0.2, 0.25) is 0 Å². The number of carbonyl (C=O) groups is 2.